The summed E-state index contributed by atoms with van der Waals surface area (Å²) in [6, 6.07) is 7.65. The average molecular weight is 731 g/mol. The van der Waals surface area contributed by atoms with E-state index in [0.717, 1.165) is 12.8 Å². The molecule has 0 radical (unpaired) electrons. The van der Waals surface area contributed by atoms with Crippen LogP contribution in [0.25, 0.3) is 0 Å². The number of carbonyl (C=O) groups excluding carboxylic acids is 4. The highest BCUT2D eigenvalue weighted by Gasteiger charge is 2.77. The number of benzene rings is 1. The summed E-state index contributed by atoms with van der Waals surface area (Å²) in [5.41, 5.74) is -0.510. The number of carbonyl (C=O) groups is 4. The average Bonchev–Trinajstić information content (AvgIpc) is 3.66. The third-order valence-electron chi connectivity index (χ3n) is 9.99. The molecule has 264 valence electrons. The van der Waals surface area contributed by atoms with E-state index in [9.17, 15) is 24.3 Å². The molecular weight excluding hydrogens is 678 g/mol. The predicted molar refractivity (Wildman–Crippen MR) is 187 cm³/mol. The van der Waals surface area contributed by atoms with E-state index in [4.69, 9.17) is 9.47 Å². The van der Waals surface area contributed by atoms with Crippen LogP contribution in [0.4, 0.5) is 0 Å². The Kier molecular flexibility index (Phi) is 13.4. The van der Waals surface area contributed by atoms with Gasteiger partial charge in [-0.3, -0.25) is 19.2 Å². The fourth-order valence-electron chi connectivity index (χ4n) is 7.79. The minimum atomic E-state index is -1.22. The molecule has 4 rings (SSSR count). The number of ether oxygens (including phenoxy) is 2. The van der Waals surface area contributed by atoms with Crippen LogP contribution < -0.4 is 5.32 Å². The summed E-state index contributed by atoms with van der Waals surface area (Å²) < 4.78 is 13.0. The molecule has 10 nitrogen and oxygen atoms in total. The Balaban J connectivity index is 1.69. The molecule has 48 heavy (non-hydrogen) atoms. The van der Waals surface area contributed by atoms with Gasteiger partial charge in [0.15, 0.2) is 0 Å². The number of esters is 1. The van der Waals surface area contributed by atoms with Crippen molar-refractivity contribution < 1.29 is 33.8 Å². The summed E-state index contributed by atoms with van der Waals surface area (Å²) >= 11 is 3.75. The van der Waals surface area contributed by atoms with E-state index in [2.05, 4.69) is 41.3 Å². The summed E-state index contributed by atoms with van der Waals surface area (Å²) in [6.07, 6.45) is 6.59. The molecular formula is C37H52BrN3O7. The van der Waals surface area contributed by atoms with Crippen LogP contribution >= 0.6 is 15.9 Å². The first-order valence-electron chi connectivity index (χ1n) is 17.4. The van der Waals surface area contributed by atoms with Gasteiger partial charge in [-0.2, -0.15) is 0 Å². The fourth-order valence-corrected chi connectivity index (χ4v) is 8.73. The summed E-state index contributed by atoms with van der Waals surface area (Å²) in [5.74, 6) is -3.14. The molecule has 3 aliphatic rings. The van der Waals surface area contributed by atoms with Crippen LogP contribution in [-0.2, 0) is 28.7 Å². The molecule has 3 fully saturated rings. The smallest absolute Gasteiger partial charge is 0.313 e. The number of amides is 3. The molecule has 3 heterocycles. The number of hydrogen-bond donors (Lipinski definition) is 2. The van der Waals surface area contributed by atoms with Crippen molar-refractivity contribution >= 4 is 39.6 Å². The topological polar surface area (TPSA) is 125 Å². The molecule has 3 aliphatic heterocycles. The van der Waals surface area contributed by atoms with Gasteiger partial charge < -0.3 is 29.7 Å². The Morgan fingerprint density at radius 2 is 1.92 bits per heavy atom. The summed E-state index contributed by atoms with van der Waals surface area (Å²) in [5, 5.41) is 12.3. The van der Waals surface area contributed by atoms with E-state index in [1.54, 1.807) is 28.9 Å². The fraction of sp³-hybridized carbons (Fsp3) is 0.622. The van der Waals surface area contributed by atoms with Gasteiger partial charge in [0.05, 0.1) is 24.0 Å². The highest BCUT2D eigenvalue weighted by molar-refractivity contribution is 9.09. The SMILES string of the molecule is C=CCCC(=O)N[C@@H](C)[C@H](OC(=O)[C@@H]1[C@H]2O[C@@]3(CC2Br)[C@H](C(=O)N(CC=C)C(C)CCC)N(CCCCCO)C(=O)[C@@H]13)c1ccccc1. The lowest BCUT2D eigenvalue weighted by molar-refractivity contribution is -0.162. The first-order valence-corrected chi connectivity index (χ1v) is 18.3. The van der Waals surface area contributed by atoms with Crippen molar-refractivity contribution in [1.82, 2.24) is 15.1 Å². The number of nitrogens with zero attached hydrogens (tertiary/aromatic N) is 2. The van der Waals surface area contributed by atoms with Crippen molar-refractivity contribution in [2.75, 3.05) is 19.7 Å². The van der Waals surface area contributed by atoms with E-state index >= 15 is 0 Å². The zero-order valence-corrected chi connectivity index (χ0v) is 30.1. The van der Waals surface area contributed by atoms with Crippen molar-refractivity contribution in [3.63, 3.8) is 0 Å². The second-order valence-corrected chi connectivity index (χ2v) is 14.5. The summed E-state index contributed by atoms with van der Waals surface area (Å²) in [6.45, 7) is 14.1. The monoisotopic (exact) mass is 729 g/mol. The van der Waals surface area contributed by atoms with Gasteiger partial charge >= 0.3 is 5.97 Å². The quantitative estimate of drug-likeness (QED) is 0.0903. The lowest BCUT2D eigenvalue weighted by Gasteiger charge is -2.39. The number of rotatable bonds is 19. The lowest BCUT2D eigenvalue weighted by atomic mass is 9.70. The molecule has 11 heteroatoms. The van der Waals surface area contributed by atoms with Gasteiger partial charge in [0.1, 0.15) is 17.7 Å². The molecule has 9 atom stereocenters. The van der Waals surface area contributed by atoms with Gasteiger partial charge in [0.2, 0.25) is 17.7 Å². The molecule has 3 amide bonds. The second-order valence-electron chi connectivity index (χ2n) is 13.3. The molecule has 1 spiro atoms. The van der Waals surface area contributed by atoms with Crippen LogP contribution in [0.1, 0.15) is 83.8 Å². The number of hydrogen-bond acceptors (Lipinski definition) is 7. The maximum absolute atomic E-state index is 14.6. The minimum absolute atomic E-state index is 0.0458. The van der Waals surface area contributed by atoms with Crippen molar-refractivity contribution in [3.8, 4) is 0 Å². The highest BCUT2D eigenvalue weighted by Crippen LogP contribution is 2.60. The second kappa shape index (κ2) is 17.1. The minimum Gasteiger partial charge on any atom is -0.455 e. The summed E-state index contributed by atoms with van der Waals surface area (Å²) in [4.78, 5) is 59.3. The maximum Gasteiger partial charge on any atom is 0.313 e. The van der Waals surface area contributed by atoms with Gasteiger partial charge in [0, 0.05) is 37.0 Å². The lowest BCUT2D eigenvalue weighted by Crippen LogP contribution is -2.58. The van der Waals surface area contributed by atoms with E-state index < -0.39 is 47.7 Å². The third kappa shape index (κ3) is 7.73. The highest BCUT2D eigenvalue weighted by atomic mass is 79.9. The number of allylic oxidation sites excluding steroid dienone is 1. The van der Waals surface area contributed by atoms with Crippen LogP contribution in [-0.4, -0.2) is 93.0 Å². The molecule has 0 aromatic heterocycles. The third-order valence-corrected chi connectivity index (χ3v) is 10.8. The van der Waals surface area contributed by atoms with Crippen LogP contribution in [0.5, 0.6) is 0 Å². The van der Waals surface area contributed by atoms with Gasteiger partial charge in [-0.1, -0.05) is 71.8 Å². The zero-order chi connectivity index (χ0) is 35.0. The molecule has 0 aliphatic carbocycles. The molecule has 2 unspecified atom stereocenters. The standard InChI is InChI=1S/C37H52BrN3O7/c1-6-9-19-28(43)39-25(5)31(26-17-12-10-13-18-26)47-36(46)29-30-34(44)41(21-14-11-15-22-42)33(37(30)23-27(38)32(29)48-37)35(45)40(20-8-3)24(4)16-7-2/h6,8,10,12-13,17-18,24-25,27,29-33,42H,1,3,7,9,11,14-16,19-23H2,2,4-5H3,(H,39,43)/t24?,25-,27?,29-,30+,31-,32-,33-,37+/m0/s1. The number of likely N-dealkylation sites (tertiary alicyclic amines) is 1. The van der Waals surface area contributed by atoms with Gasteiger partial charge in [-0.15, -0.1) is 13.2 Å². The number of alkyl halides is 1. The van der Waals surface area contributed by atoms with Crippen molar-refractivity contribution in [2.24, 2.45) is 11.8 Å². The number of aliphatic hydroxyl groups is 1. The number of halogens is 1. The summed E-state index contributed by atoms with van der Waals surface area (Å²) in [7, 11) is 0. The van der Waals surface area contributed by atoms with E-state index in [0.29, 0.717) is 50.8 Å². The number of aliphatic hydroxyl groups excluding tert-OH is 1. The molecule has 2 N–H and O–H groups in total. The molecule has 2 bridgehead atoms. The van der Waals surface area contributed by atoms with E-state index in [-0.39, 0.29) is 41.6 Å². The van der Waals surface area contributed by atoms with Crippen LogP contribution in [0, 0.1) is 11.8 Å². The van der Waals surface area contributed by atoms with Crippen LogP contribution in [0.2, 0.25) is 0 Å². The van der Waals surface area contributed by atoms with Crippen LogP contribution in [0.3, 0.4) is 0 Å². The predicted octanol–water partition coefficient (Wildman–Crippen LogP) is 4.86. The van der Waals surface area contributed by atoms with Gasteiger partial charge in [0.25, 0.3) is 0 Å². The maximum atomic E-state index is 14.6. The number of unbranched alkanes of at least 4 members (excludes halogenated alkanes) is 2. The van der Waals surface area contributed by atoms with Crippen LogP contribution in [0.15, 0.2) is 55.6 Å². The Bertz CT molecular complexity index is 1310. The molecule has 1 aromatic carbocycles. The van der Waals surface area contributed by atoms with Crippen molar-refractivity contribution in [3.05, 3.63) is 61.2 Å². The van der Waals surface area contributed by atoms with Crippen molar-refractivity contribution in [1.29, 1.82) is 0 Å². The normalized spacial score (nSPS) is 27.6. The number of fused-ring (bicyclic) bond motifs is 1. The van der Waals surface area contributed by atoms with Gasteiger partial charge in [-0.25, -0.2) is 0 Å². The Hall–Kier alpha value is -3.02. The Labute approximate surface area is 293 Å². The van der Waals surface area contributed by atoms with E-state index in [1.165, 1.54) is 0 Å². The Morgan fingerprint density at radius 3 is 2.56 bits per heavy atom. The largest absolute Gasteiger partial charge is 0.455 e. The first kappa shape index (κ1) is 37.8. The molecule has 0 saturated carbocycles. The Morgan fingerprint density at radius 1 is 1.19 bits per heavy atom. The number of nitrogens with one attached hydrogen (secondary N) is 1. The first-order chi connectivity index (χ1) is 23.1. The zero-order valence-electron chi connectivity index (χ0n) is 28.5. The van der Waals surface area contributed by atoms with Gasteiger partial charge in [-0.05, 0) is 57.9 Å². The molecule has 1 aromatic rings. The molecule has 3 saturated heterocycles. The van der Waals surface area contributed by atoms with E-state index in [1.807, 2.05) is 37.3 Å². The van der Waals surface area contributed by atoms with Crippen molar-refractivity contribution in [2.45, 2.75) is 113 Å².